The molecule has 0 aliphatic rings. The molecular formula is H7AlN2O3. The quantitative estimate of drug-likeness (QED) is 0.228. The van der Waals surface area contributed by atoms with Crippen molar-refractivity contribution in [3.63, 3.8) is 0 Å². The van der Waals surface area contributed by atoms with Crippen LogP contribution >= 0.6 is 0 Å². The van der Waals surface area contributed by atoms with E-state index in [-0.39, 0.29) is 23.5 Å². The molecule has 0 saturated carbocycles. The van der Waals surface area contributed by atoms with Crippen LogP contribution in [0.2, 0.25) is 0 Å². The fraction of sp³-hybridized carbons (Fsp3) is 0. The first-order chi connectivity index (χ1) is 1.73. The summed E-state index contributed by atoms with van der Waals surface area (Å²) in [6, 6.07) is 0. The zero-order valence-electron chi connectivity index (χ0n) is 2.42. The Morgan fingerprint density at radius 1 is 1.67 bits per heavy atom. The Morgan fingerprint density at radius 3 is 1.67 bits per heavy atom. The Morgan fingerprint density at radius 2 is 1.67 bits per heavy atom. The molecule has 0 fully saturated rings. The second kappa shape index (κ2) is 8.83. The summed E-state index contributed by atoms with van der Waals surface area (Å²) in [5.74, 6) is 0. The van der Waals surface area contributed by atoms with Gasteiger partial charge in [-0.15, -0.1) is 10.1 Å². The Kier molecular flexibility index (Phi) is 25.4. The lowest BCUT2D eigenvalue weighted by atomic mass is 13.1. The van der Waals surface area contributed by atoms with E-state index in [0.29, 0.717) is 0 Å². The van der Waals surface area contributed by atoms with E-state index >= 15 is 0 Å². The Labute approximate surface area is 44.8 Å². The van der Waals surface area contributed by atoms with Gasteiger partial charge in [-0.1, -0.05) is 0 Å². The molecule has 6 heavy (non-hydrogen) atoms. The van der Waals surface area contributed by atoms with Gasteiger partial charge in [-0.2, -0.15) is 0 Å². The molecule has 0 amide bonds. The highest BCUT2D eigenvalue weighted by Crippen LogP contribution is 1.38. The zero-order valence-corrected chi connectivity index (χ0v) is 2.42. The zero-order chi connectivity index (χ0) is 3.58. The standard InChI is InChI=1S/Al.HNO3.H3N.3H/c;2-1(3)4;;;;/h;(H,2,3,4);1H3;;;. The van der Waals surface area contributed by atoms with E-state index in [9.17, 15) is 0 Å². The van der Waals surface area contributed by atoms with Crippen LogP contribution in [-0.2, 0) is 0 Å². The molecule has 5 nitrogen and oxygen atoms in total. The van der Waals surface area contributed by atoms with E-state index < -0.39 is 5.09 Å². The summed E-state index contributed by atoms with van der Waals surface area (Å²) in [6.45, 7) is 0. The lowest BCUT2D eigenvalue weighted by Crippen LogP contribution is -1.81. The predicted molar refractivity (Wildman–Crippen MR) is 23.7 cm³/mol. The highest BCUT2D eigenvalue weighted by atomic mass is 27.0. The van der Waals surface area contributed by atoms with Crippen molar-refractivity contribution >= 4 is 17.4 Å². The number of hydrogen-bond donors (Lipinski definition) is 2. The first-order valence-electron chi connectivity index (χ1n) is 0.565. The smallest absolute Gasteiger partial charge is 0.291 e. The molecule has 0 aromatic carbocycles. The van der Waals surface area contributed by atoms with Gasteiger partial charge in [0.2, 0.25) is 0 Å². The van der Waals surface area contributed by atoms with E-state index in [1.54, 1.807) is 0 Å². The van der Waals surface area contributed by atoms with Gasteiger partial charge in [0.05, 0.1) is 0 Å². The summed E-state index contributed by atoms with van der Waals surface area (Å²) >= 11 is 0. The van der Waals surface area contributed by atoms with Crippen LogP contribution in [0.4, 0.5) is 0 Å². The third kappa shape index (κ3) is 283. The number of rotatable bonds is 0. The van der Waals surface area contributed by atoms with Gasteiger partial charge in [-0.25, -0.2) is 0 Å². The third-order valence-electron chi connectivity index (χ3n) is 0. The van der Waals surface area contributed by atoms with Crippen LogP contribution in [-0.4, -0.2) is 27.7 Å². The largest absolute Gasteiger partial charge is 0.344 e. The second-order valence-corrected chi connectivity index (χ2v) is 0.238. The molecule has 0 heterocycles. The van der Waals surface area contributed by atoms with Gasteiger partial charge < -0.3 is 11.4 Å². The van der Waals surface area contributed by atoms with Crippen LogP contribution in [0.25, 0.3) is 0 Å². The van der Waals surface area contributed by atoms with E-state index in [4.69, 9.17) is 15.3 Å². The third-order valence-corrected chi connectivity index (χ3v) is 0. The number of hydrogen-bond acceptors (Lipinski definition) is 3. The van der Waals surface area contributed by atoms with Gasteiger partial charge in [0.1, 0.15) is 0 Å². The van der Waals surface area contributed by atoms with Crippen molar-refractivity contribution in [1.82, 2.24) is 6.15 Å². The molecule has 0 radical (unpaired) electrons. The lowest BCUT2D eigenvalue weighted by Gasteiger charge is -1.56. The second-order valence-electron chi connectivity index (χ2n) is 0.238. The topological polar surface area (TPSA) is 98.4 Å². The number of nitrogens with zero attached hydrogens (tertiary/aromatic N) is 1. The molecular weight excluding hydrogens is 103 g/mol. The first kappa shape index (κ1) is 17.3. The van der Waals surface area contributed by atoms with Crippen molar-refractivity contribution < 1.29 is 10.3 Å². The lowest BCUT2D eigenvalue weighted by molar-refractivity contribution is -0.742. The highest BCUT2D eigenvalue weighted by Gasteiger charge is 1.65. The average molecular weight is 110 g/mol. The minimum atomic E-state index is -1.50. The van der Waals surface area contributed by atoms with E-state index in [0.717, 1.165) is 0 Å². The minimum Gasteiger partial charge on any atom is -0.344 e. The van der Waals surface area contributed by atoms with Gasteiger partial charge in [-0.05, 0) is 0 Å². The molecule has 6 heteroatoms. The monoisotopic (exact) mass is 110 g/mol. The molecule has 4 N–H and O–H groups in total. The van der Waals surface area contributed by atoms with Crippen molar-refractivity contribution in [2.75, 3.05) is 0 Å². The summed E-state index contributed by atoms with van der Waals surface area (Å²) in [7, 11) is 0. The van der Waals surface area contributed by atoms with Crippen molar-refractivity contribution in [2.45, 2.75) is 0 Å². The van der Waals surface area contributed by atoms with Gasteiger partial charge in [-0.3, -0.25) is 0 Å². The molecule has 0 atom stereocenters. The van der Waals surface area contributed by atoms with Crippen LogP contribution < -0.4 is 6.15 Å². The Bertz CT molecular complexity index is 31.8. The molecule has 0 saturated heterocycles. The van der Waals surface area contributed by atoms with Crippen LogP contribution in [0.15, 0.2) is 0 Å². The van der Waals surface area contributed by atoms with Gasteiger partial charge >= 0.3 is 0 Å². The average Bonchev–Trinajstić information content (AvgIpc) is 0.811. The summed E-state index contributed by atoms with van der Waals surface area (Å²) in [4.78, 5) is 8.36. The summed E-state index contributed by atoms with van der Waals surface area (Å²) in [5.41, 5.74) is 0. The van der Waals surface area contributed by atoms with Crippen molar-refractivity contribution in [3.05, 3.63) is 10.1 Å². The SMILES string of the molecule is N.O=[N+]([O-])O.[AlH3]. The molecule has 0 aliphatic carbocycles. The molecule has 0 bridgehead atoms. The minimum absolute atomic E-state index is 0. The molecule has 0 unspecified atom stereocenters. The predicted octanol–water partition coefficient (Wildman–Crippen LogP) is -1.37. The maximum atomic E-state index is 8.36. The van der Waals surface area contributed by atoms with Crippen LogP contribution in [0.5, 0.6) is 0 Å². The molecule has 0 rings (SSSR count). The molecule has 0 aromatic rings. The van der Waals surface area contributed by atoms with Gasteiger partial charge in [0, 0.05) is 0 Å². The molecule has 38 valence electrons. The maximum Gasteiger partial charge on any atom is 0.291 e. The summed E-state index contributed by atoms with van der Waals surface area (Å²) in [6.07, 6.45) is 0. The van der Waals surface area contributed by atoms with E-state index in [1.807, 2.05) is 0 Å². The van der Waals surface area contributed by atoms with Crippen molar-refractivity contribution in [1.29, 1.82) is 0 Å². The van der Waals surface area contributed by atoms with Crippen molar-refractivity contribution in [2.24, 2.45) is 0 Å². The summed E-state index contributed by atoms with van der Waals surface area (Å²) < 4.78 is 0. The van der Waals surface area contributed by atoms with Crippen LogP contribution in [0.1, 0.15) is 0 Å². The van der Waals surface area contributed by atoms with Crippen LogP contribution in [0.3, 0.4) is 0 Å². The van der Waals surface area contributed by atoms with Crippen molar-refractivity contribution in [3.8, 4) is 0 Å². The van der Waals surface area contributed by atoms with E-state index in [1.165, 1.54) is 0 Å². The molecule has 0 aromatic heterocycles. The first-order valence-corrected chi connectivity index (χ1v) is 0.565. The molecule has 0 spiro atoms. The highest BCUT2D eigenvalue weighted by molar-refractivity contribution is 5.75. The summed E-state index contributed by atoms with van der Waals surface area (Å²) in [5, 5.41) is 13.6. The van der Waals surface area contributed by atoms with Gasteiger partial charge in [0.25, 0.3) is 5.09 Å². The Balaban J connectivity index is -0.0000000450. The Hall–Kier alpha value is -0.308. The molecule has 0 aliphatic heterocycles. The van der Waals surface area contributed by atoms with Gasteiger partial charge in [0.15, 0.2) is 17.4 Å². The van der Waals surface area contributed by atoms with Crippen LogP contribution in [0, 0.1) is 10.1 Å². The van der Waals surface area contributed by atoms with E-state index in [2.05, 4.69) is 0 Å². The maximum absolute atomic E-state index is 8.36. The fourth-order valence-corrected chi connectivity index (χ4v) is 0. The normalized spacial score (nSPS) is 4.00. The fourth-order valence-electron chi connectivity index (χ4n) is 0.